The molecular formula is C43H55N7O5S2Si2. The van der Waals surface area contributed by atoms with Crippen LogP contribution >= 0.6 is 22.7 Å². The lowest BCUT2D eigenvalue weighted by Gasteiger charge is -2.15. The summed E-state index contributed by atoms with van der Waals surface area (Å²) < 4.78 is 14.8. The normalized spacial score (nSPS) is 13.3. The topological polar surface area (TPSA) is 146 Å². The third-order valence-electron chi connectivity index (χ3n) is 9.68. The molecule has 2 N–H and O–H groups in total. The van der Waals surface area contributed by atoms with Crippen molar-refractivity contribution in [3.05, 3.63) is 94.9 Å². The lowest BCUT2D eigenvalue weighted by atomic mass is 10.2. The number of benzene rings is 2. The molecule has 1 saturated carbocycles. The van der Waals surface area contributed by atoms with Gasteiger partial charge in [0.25, 0.3) is 5.91 Å². The molecule has 1 fully saturated rings. The minimum atomic E-state index is -1.16. The first-order chi connectivity index (χ1) is 28.2. The van der Waals surface area contributed by atoms with Gasteiger partial charge < -0.3 is 19.9 Å². The van der Waals surface area contributed by atoms with Crippen molar-refractivity contribution in [2.75, 3.05) is 13.2 Å². The molecule has 0 unspecified atom stereocenters. The predicted molar refractivity (Wildman–Crippen MR) is 242 cm³/mol. The summed E-state index contributed by atoms with van der Waals surface area (Å²) in [5.41, 5.74) is 5.47. The molecule has 0 bridgehead atoms. The Morgan fingerprint density at radius 2 is 1.15 bits per heavy atom. The van der Waals surface area contributed by atoms with Gasteiger partial charge in [0.15, 0.2) is 0 Å². The van der Waals surface area contributed by atoms with Gasteiger partial charge in [-0.3, -0.25) is 4.79 Å². The van der Waals surface area contributed by atoms with Gasteiger partial charge in [0.2, 0.25) is 0 Å². The van der Waals surface area contributed by atoms with E-state index in [2.05, 4.69) is 54.7 Å². The summed E-state index contributed by atoms with van der Waals surface area (Å²) in [7, 11) is -2.31. The molecule has 1 aliphatic rings. The number of carbonyl (C=O) groups is 2. The summed E-state index contributed by atoms with van der Waals surface area (Å²) in [6.45, 7) is 15.8. The Bertz CT molecular complexity index is 2270. The molecule has 7 rings (SSSR count). The third kappa shape index (κ3) is 13.0. The van der Waals surface area contributed by atoms with E-state index in [1.54, 1.807) is 10.9 Å². The molecule has 1 aliphatic carbocycles. The van der Waals surface area contributed by atoms with Crippen LogP contribution in [0.15, 0.2) is 83.8 Å². The fourth-order valence-electron chi connectivity index (χ4n) is 6.27. The molecular weight excluding hydrogens is 815 g/mol. The number of rotatable bonds is 17. The maximum absolute atomic E-state index is 13.1. The van der Waals surface area contributed by atoms with Gasteiger partial charge in [0.1, 0.15) is 40.4 Å². The molecule has 2 aromatic carbocycles. The number of nitrogens with zero attached hydrogens (tertiary/aromatic N) is 6. The number of aromatic carboxylic acids is 1. The Kier molecular flexibility index (Phi) is 15.0. The second kappa shape index (κ2) is 20.1. The molecule has 1 amide bonds. The van der Waals surface area contributed by atoms with Gasteiger partial charge in [-0.15, -0.1) is 22.7 Å². The number of carboxylic acids is 1. The highest BCUT2D eigenvalue weighted by molar-refractivity contribution is 7.13. The maximum Gasteiger partial charge on any atom is 0.339 e. The van der Waals surface area contributed by atoms with Gasteiger partial charge in [-0.25, -0.2) is 24.1 Å². The molecule has 16 heteroatoms. The largest absolute Gasteiger partial charge is 0.478 e. The van der Waals surface area contributed by atoms with Crippen LogP contribution in [-0.4, -0.2) is 81.9 Å². The van der Waals surface area contributed by atoms with Gasteiger partial charge in [0, 0.05) is 69.7 Å². The summed E-state index contributed by atoms with van der Waals surface area (Å²) in [6.07, 6.45) is 7.76. The zero-order valence-electron chi connectivity index (χ0n) is 34.8. The van der Waals surface area contributed by atoms with Crippen LogP contribution < -0.4 is 5.32 Å². The Morgan fingerprint density at radius 3 is 1.59 bits per heavy atom. The van der Waals surface area contributed by atoms with E-state index in [9.17, 15) is 14.7 Å². The van der Waals surface area contributed by atoms with E-state index in [1.807, 2.05) is 71.4 Å². The number of hydrogen-bond donors (Lipinski definition) is 2. The van der Waals surface area contributed by atoms with Crippen molar-refractivity contribution in [3.8, 4) is 43.9 Å². The van der Waals surface area contributed by atoms with Crippen LogP contribution in [0.4, 0.5) is 0 Å². The molecule has 12 nitrogen and oxygen atoms in total. The van der Waals surface area contributed by atoms with Crippen LogP contribution in [0.25, 0.3) is 43.9 Å². The second-order valence-corrected chi connectivity index (χ2v) is 30.1. The first-order valence-electron chi connectivity index (χ1n) is 20.1. The van der Waals surface area contributed by atoms with Gasteiger partial charge >= 0.3 is 5.97 Å². The number of carbonyl (C=O) groups excluding carboxylic acids is 1. The fraction of sp³-hybridized carbons (Fsp3) is 0.395. The maximum atomic E-state index is 13.1. The van der Waals surface area contributed by atoms with Crippen molar-refractivity contribution in [2.45, 2.75) is 96.6 Å². The summed E-state index contributed by atoms with van der Waals surface area (Å²) in [5.74, 6) is -1.09. The van der Waals surface area contributed by atoms with Crippen LogP contribution in [0.3, 0.4) is 0 Å². The zero-order valence-corrected chi connectivity index (χ0v) is 38.4. The fourth-order valence-corrected chi connectivity index (χ4v) is 9.43. The Morgan fingerprint density at radius 1 is 0.712 bits per heavy atom. The van der Waals surface area contributed by atoms with E-state index in [0.717, 1.165) is 52.5 Å². The van der Waals surface area contributed by atoms with E-state index in [0.29, 0.717) is 41.9 Å². The molecule has 0 radical (unpaired) electrons. The van der Waals surface area contributed by atoms with Crippen LogP contribution in [0, 0.1) is 0 Å². The highest BCUT2D eigenvalue weighted by Crippen LogP contribution is 2.32. The minimum Gasteiger partial charge on any atom is -0.478 e. The van der Waals surface area contributed by atoms with Crippen molar-refractivity contribution in [1.29, 1.82) is 0 Å². The highest BCUT2D eigenvalue weighted by Gasteiger charge is 2.25. The first-order valence-corrected chi connectivity index (χ1v) is 29.3. The molecule has 59 heavy (non-hydrogen) atoms. The molecule has 0 spiro atoms. The number of nitrogens with one attached hydrogen (secondary N) is 1. The first kappa shape index (κ1) is 44.0. The molecule has 6 aromatic rings. The summed E-state index contributed by atoms with van der Waals surface area (Å²) in [4.78, 5) is 34.1. The average molecular weight is 870 g/mol. The quantitative estimate of drug-likeness (QED) is 0.0675. The van der Waals surface area contributed by atoms with E-state index in [4.69, 9.17) is 19.6 Å². The average Bonchev–Trinajstić information content (AvgIpc) is 4.05. The Balaban J connectivity index is 0.000000201. The third-order valence-corrected chi connectivity index (χ3v) is 14.8. The second-order valence-electron chi connectivity index (χ2n) is 17.1. The van der Waals surface area contributed by atoms with E-state index in [-0.39, 0.29) is 24.2 Å². The SMILES string of the molecule is C[Si](C)(C)CCOCn1cc(C(=O)NC2CCCC2)c(-c2nc(-c3ccccc3)cs2)n1.C[Si](C)(C)CCOCn1cc(C(=O)O)c(-c2nc(-c3ccccc3)cs2)n1. The molecule has 0 aliphatic heterocycles. The Hall–Kier alpha value is -4.59. The number of amides is 1. The smallest absolute Gasteiger partial charge is 0.339 e. The minimum absolute atomic E-state index is 0.0725. The molecule has 0 atom stereocenters. The predicted octanol–water partition coefficient (Wildman–Crippen LogP) is 10.3. The van der Waals surface area contributed by atoms with Crippen molar-refractivity contribution >= 4 is 50.7 Å². The summed E-state index contributed by atoms with van der Waals surface area (Å²) >= 11 is 2.90. The van der Waals surface area contributed by atoms with Crippen molar-refractivity contribution in [3.63, 3.8) is 0 Å². The van der Waals surface area contributed by atoms with E-state index >= 15 is 0 Å². The van der Waals surface area contributed by atoms with Crippen molar-refractivity contribution in [2.24, 2.45) is 0 Å². The number of thiazole rings is 2. The van der Waals surface area contributed by atoms with Crippen molar-refractivity contribution in [1.82, 2.24) is 34.8 Å². The van der Waals surface area contributed by atoms with E-state index in [1.165, 1.54) is 46.4 Å². The van der Waals surface area contributed by atoms with Gasteiger partial charge in [0.05, 0.1) is 17.0 Å². The van der Waals surface area contributed by atoms with Gasteiger partial charge in [-0.05, 0) is 24.9 Å². The number of ether oxygens (including phenoxy) is 2. The standard InChI is InChI=1S/C24H32N4O2SSi.C19H23N3O3SSi/c1-32(2,3)14-13-30-17-28-15-20(23(29)25-19-11-7-8-12-19)22(27-28)24-26-21(16-31-24)18-9-5-4-6-10-18;1-27(2,3)10-9-25-13-22-11-15(19(23)24)17(21-22)18-20-16(12-26-18)14-7-5-4-6-8-14/h4-6,9-10,15-16,19H,7-8,11-14,17H2,1-3H3,(H,25,29);4-8,11-12H,9-10,13H2,1-3H3,(H,23,24). The lowest BCUT2D eigenvalue weighted by Crippen LogP contribution is -2.32. The molecule has 312 valence electrons. The van der Waals surface area contributed by atoms with Crippen LogP contribution in [0.2, 0.25) is 51.4 Å². The summed E-state index contributed by atoms with van der Waals surface area (Å²) in [5, 5.41) is 27.1. The molecule has 0 saturated heterocycles. The monoisotopic (exact) mass is 869 g/mol. The van der Waals surface area contributed by atoms with Crippen LogP contribution in [0.5, 0.6) is 0 Å². The van der Waals surface area contributed by atoms with Crippen LogP contribution in [-0.2, 0) is 22.9 Å². The molecule has 4 aromatic heterocycles. The highest BCUT2D eigenvalue weighted by atomic mass is 32.1. The number of hydrogen-bond acceptors (Lipinski definition) is 10. The summed E-state index contributed by atoms with van der Waals surface area (Å²) in [6, 6.07) is 22.3. The zero-order chi connectivity index (χ0) is 42.0. The van der Waals surface area contributed by atoms with Crippen LogP contribution in [0.1, 0.15) is 46.4 Å². The van der Waals surface area contributed by atoms with Gasteiger partial charge in [-0.1, -0.05) is 113 Å². The lowest BCUT2D eigenvalue weighted by molar-refractivity contribution is 0.0693. The van der Waals surface area contributed by atoms with Crippen molar-refractivity contribution < 1.29 is 24.2 Å². The number of aromatic nitrogens is 6. The molecule has 4 heterocycles. The number of carboxylic acid groups (broad SMARTS) is 1. The van der Waals surface area contributed by atoms with Gasteiger partial charge in [-0.2, -0.15) is 10.2 Å². The Labute approximate surface area is 356 Å². The van der Waals surface area contributed by atoms with E-state index < -0.39 is 22.1 Å².